The standard InChI is InChI=1S/C15H34N.C14H31N.ClH.H2O/c1-5-6-7-8-9-10-11-12-13-14-15-16(2,3)4;1-4-5-6-7-8-9-10-11-12-13-14-15(2)3;;/h5-15H2,1-4H3;4-14H2,1-3H3;1H;1H2/q+1;;;/p-1. The Morgan fingerprint density at radius 1 is 0.455 bits per heavy atom. The Morgan fingerprint density at radius 2 is 0.727 bits per heavy atom. The zero-order chi connectivity index (χ0) is 23.6. The van der Waals surface area contributed by atoms with Crippen LogP contribution in [0.15, 0.2) is 0 Å². The van der Waals surface area contributed by atoms with E-state index >= 15 is 0 Å². The van der Waals surface area contributed by atoms with Crippen molar-refractivity contribution in [2.24, 2.45) is 0 Å². The van der Waals surface area contributed by atoms with Crippen molar-refractivity contribution in [3.63, 3.8) is 0 Å². The lowest BCUT2D eigenvalue weighted by atomic mass is 10.1. The van der Waals surface area contributed by atoms with Gasteiger partial charge < -0.3 is 27.3 Å². The second-order valence-electron chi connectivity index (χ2n) is 11.2. The average Bonchev–Trinajstić information content (AvgIpc) is 2.70. The topological polar surface area (TPSA) is 34.7 Å². The molecule has 4 heteroatoms. The van der Waals surface area contributed by atoms with Crippen LogP contribution >= 0.6 is 0 Å². The summed E-state index contributed by atoms with van der Waals surface area (Å²) in [5.41, 5.74) is 0. The second kappa shape index (κ2) is 32.2. The first-order valence-corrected chi connectivity index (χ1v) is 14.3. The van der Waals surface area contributed by atoms with Gasteiger partial charge in [0.15, 0.2) is 0 Å². The van der Waals surface area contributed by atoms with E-state index in [1.165, 1.54) is 142 Å². The third kappa shape index (κ3) is 46.2. The fourth-order valence-corrected chi connectivity index (χ4v) is 3.99. The van der Waals surface area contributed by atoms with Crippen LogP contribution in [-0.2, 0) is 0 Å². The molecular formula is C29H67ClN2O. The Bertz CT molecular complexity index is 319. The Morgan fingerprint density at radius 3 is 1.00 bits per heavy atom. The van der Waals surface area contributed by atoms with Crippen molar-refractivity contribution in [2.45, 2.75) is 142 Å². The molecule has 0 atom stereocenters. The molecule has 0 spiro atoms. The summed E-state index contributed by atoms with van der Waals surface area (Å²) < 4.78 is 1.12. The van der Waals surface area contributed by atoms with Crippen molar-refractivity contribution in [3.8, 4) is 0 Å². The van der Waals surface area contributed by atoms with Crippen molar-refractivity contribution in [1.29, 1.82) is 0 Å². The molecule has 0 aromatic carbocycles. The van der Waals surface area contributed by atoms with Crippen molar-refractivity contribution < 1.29 is 22.4 Å². The molecule has 0 aromatic heterocycles. The Hall–Kier alpha value is 0.170. The van der Waals surface area contributed by atoms with Gasteiger partial charge in [0.2, 0.25) is 0 Å². The van der Waals surface area contributed by atoms with Crippen LogP contribution in [0.5, 0.6) is 0 Å². The first-order valence-electron chi connectivity index (χ1n) is 14.3. The summed E-state index contributed by atoms with van der Waals surface area (Å²) >= 11 is 0. The van der Waals surface area contributed by atoms with Gasteiger partial charge in [-0.1, -0.05) is 123 Å². The molecule has 33 heavy (non-hydrogen) atoms. The van der Waals surface area contributed by atoms with E-state index in [4.69, 9.17) is 0 Å². The molecule has 0 saturated carbocycles. The van der Waals surface area contributed by atoms with Crippen molar-refractivity contribution in [1.82, 2.24) is 4.90 Å². The van der Waals surface area contributed by atoms with E-state index in [9.17, 15) is 0 Å². The van der Waals surface area contributed by atoms with Gasteiger partial charge in [0.1, 0.15) is 0 Å². The van der Waals surface area contributed by atoms with Crippen molar-refractivity contribution in [3.05, 3.63) is 0 Å². The third-order valence-corrected chi connectivity index (χ3v) is 6.14. The predicted molar refractivity (Wildman–Crippen MR) is 149 cm³/mol. The summed E-state index contributed by atoms with van der Waals surface area (Å²) in [6, 6.07) is 0. The first kappa shape index (κ1) is 40.3. The SMILES string of the molecule is CCCCCCCCCCCCN(C)C.CCCCCCCCCCCC[N+](C)(C)C.O.[Cl-]. The Labute approximate surface area is 217 Å². The molecule has 0 heterocycles. The van der Waals surface area contributed by atoms with E-state index in [1.54, 1.807) is 0 Å². The van der Waals surface area contributed by atoms with Crippen LogP contribution in [0.2, 0.25) is 0 Å². The lowest BCUT2D eigenvalue weighted by molar-refractivity contribution is -0.870. The van der Waals surface area contributed by atoms with Crippen molar-refractivity contribution in [2.75, 3.05) is 48.3 Å². The summed E-state index contributed by atoms with van der Waals surface area (Å²) in [6.07, 6.45) is 28.8. The largest absolute Gasteiger partial charge is 1.00 e. The van der Waals surface area contributed by atoms with Crippen LogP contribution in [-0.4, -0.2) is 63.2 Å². The summed E-state index contributed by atoms with van der Waals surface area (Å²) in [5, 5.41) is 0. The van der Waals surface area contributed by atoms with Gasteiger partial charge in [0.05, 0.1) is 27.7 Å². The normalized spacial score (nSPS) is 10.9. The molecule has 0 aliphatic carbocycles. The molecule has 0 aliphatic rings. The minimum absolute atomic E-state index is 0. The maximum absolute atomic E-state index is 2.29. The van der Waals surface area contributed by atoms with E-state index in [1.807, 2.05) is 0 Å². The highest BCUT2D eigenvalue weighted by molar-refractivity contribution is 4.49. The number of rotatable bonds is 22. The summed E-state index contributed by atoms with van der Waals surface area (Å²) in [4.78, 5) is 2.28. The molecule has 0 unspecified atom stereocenters. The van der Waals surface area contributed by atoms with Gasteiger partial charge in [-0.3, -0.25) is 0 Å². The number of quaternary nitrogens is 1. The van der Waals surface area contributed by atoms with Gasteiger partial charge in [-0.15, -0.1) is 0 Å². The van der Waals surface area contributed by atoms with E-state index in [0.29, 0.717) is 0 Å². The van der Waals surface area contributed by atoms with Gasteiger partial charge in [0, 0.05) is 0 Å². The first-order chi connectivity index (χ1) is 14.8. The van der Waals surface area contributed by atoms with Gasteiger partial charge in [-0.25, -0.2) is 0 Å². The van der Waals surface area contributed by atoms with E-state index in [0.717, 1.165) is 4.48 Å². The fraction of sp³-hybridized carbons (Fsp3) is 1.00. The lowest BCUT2D eigenvalue weighted by Crippen LogP contribution is -3.00. The number of hydrogen-bond acceptors (Lipinski definition) is 1. The highest BCUT2D eigenvalue weighted by Crippen LogP contribution is 2.11. The van der Waals surface area contributed by atoms with Crippen LogP contribution in [0.1, 0.15) is 142 Å². The maximum Gasteiger partial charge on any atom is 0.0780 e. The maximum atomic E-state index is 2.29. The molecule has 0 radical (unpaired) electrons. The minimum Gasteiger partial charge on any atom is -1.00 e. The molecule has 0 fully saturated rings. The van der Waals surface area contributed by atoms with Gasteiger partial charge >= 0.3 is 0 Å². The zero-order valence-electron chi connectivity index (χ0n) is 24.3. The molecule has 0 aliphatic heterocycles. The molecule has 206 valence electrons. The third-order valence-electron chi connectivity index (χ3n) is 6.14. The van der Waals surface area contributed by atoms with Crippen LogP contribution in [0.4, 0.5) is 0 Å². The number of unbranched alkanes of at least 4 members (excludes halogenated alkanes) is 18. The van der Waals surface area contributed by atoms with E-state index < -0.39 is 0 Å². The van der Waals surface area contributed by atoms with Gasteiger partial charge in [0.25, 0.3) is 0 Å². The number of halogens is 1. The highest BCUT2D eigenvalue weighted by Gasteiger charge is 2.04. The zero-order valence-corrected chi connectivity index (χ0v) is 25.1. The van der Waals surface area contributed by atoms with Crippen LogP contribution < -0.4 is 12.4 Å². The van der Waals surface area contributed by atoms with Crippen LogP contribution in [0, 0.1) is 0 Å². The van der Waals surface area contributed by atoms with Crippen LogP contribution in [0.25, 0.3) is 0 Å². The quantitative estimate of drug-likeness (QED) is 0.149. The molecule has 3 nitrogen and oxygen atoms in total. The smallest absolute Gasteiger partial charge is 0.0780 e. The van der Waals surface area contributed by atoms with E-state index in [-0.39, 0.29) is 17.9 Å². The summed E-state index contributed by atoms with van der Waals surface area (Å²) in [6.45, 7) is 7.16. The van der Waals surface area contributed by atoms with Gasteiger partial charge in [-0.2, -0.15) is 0 Å². The molecule has 0 rings (SSSR count). The van der Waals surface area contributed by atoms with E-state index in [2.05, 4.69) is 54.0 Å². The second-order valence-corrected chi connectivity index (χ2v) is 11.2. The minimum atomic E-state index is 0. The summed E-state index contributed by atoms with van der Waals surface area (Å²) in [7, 11) is 11.2. The highest BCUT2D eigenvalue weighted by atomic mass is 35.5. The monoisotopic (exact) mass is 494 g/mol. The number of nitrogens with zero attached hydrogens (tertiary/aromatic N) is 2. The predicted octanol–water partition coefficient (Wildman–Crippen LogP) is 5.26. The van der Waals surface area contributed by atoms with Crippen molar-refractivity contribution >= 4 is 0 Å². The number of hydrogen-bond donors (Lipinski definition) is 0. The molecule has 2 N–H and O–H groups in total. The average molecular weight is 495 g/mol. The fourth-order valence-electron chi connectivity index (χ4n) is 3.99. The molecule has 0 saturated heterocycles. The Balaban J connectivity index is -0.000000241. The lowest BCUT2D eigenvalue weighted by Gasteiger charge is -2.23. The molecule has 0 aromatic rings. The van der Waals surface area contributed by atoms with Gasteiger partial charge in [-0.05, 0) is 39.9 Å². The molecule has 0 amide bonds. The molecule has 0 bridgehead atoms. The summed E-state index contributed by atoms with van der Waals surface area (Å²) in [5.74, 6) is 0. The van der Waals surface area contributed by atoms with Crippen LogP contribution in [0.3, 0.4) is 0 Å². The Kier molecular flexibility index (Phi) is 39.3. The molecular weight excluding hydrogens is 428 g/mol.